The Labute approximate surface area is 149 Å². The van der Waals surface area contributed by atoms with Crippen molar-refractivity contribution in [2.45, 2.75) is 13.3 Å². The van der Waals surface area contributed by atoms with Crippen LogP contribution in [0.2, 0.25) is 0 Å². The van der Waals surface area contributed by atoms with Gasteiger partial charge in [-0.05, 0) is 48.7 Å². The first-order chi connectivity index (χ1) is 11.7. The van der Waals surface area contributed by atoms with Crippen molar-refractivity contribution in [2.75, 3.05) is 6.61 Å². The van der Waals surface area contributed by atoms with Crippen LogP contribution >= 0.6 is 15.9 Å². The van der Waals surface area contributed by atoms with E-state index >= 15 is 0 Å². The Hall–Kier alpha value is -2.17. The van der Waals surface area contributed by atoms with Gasteiger partial charge in [0.2, 0.25) is 0 Å². The van der Waals surface area contributed by atoms with Crippen LogP contribution in [-0.2, 0) is 0 Å². The van der Waals surface area contributed by atoms with Gasteiger partial charge in [0.25, 0.3) is 0 Å². The monoisotopic (exact) mass is 383 g/mol. The molecule has 4 heteroatoms. The molecule has 0 aliphatic rings. The van der Waals surface area contributed by atoms with Crippen LogP contribution in [0.15, 0.2) is 69.7 Å². The van der Waals surface area contributed by atoms with Gasteiger partial charge < -0.3 is 9.63 Å². The van der Waals surface area contributed by atoms with Crippen molar-refractivity contribution in [3.8, 4) is 11.3 Å². The molecule has 24 heavy (non-hydrogen) atoms. The molecule has 0 amide bonds. The van der Waals surface area contributed by atoms with Crippen LogP contribution in [0.4, 0.5) is 0 Å². The molecule has 0 radical (unpaired) electrons. The molecule has 3 aromatic rings. The second-order valence-electron chi connectivity index (χ2n) is 5.48. The topological polar surface area (TPSA) is 46.3 Å². The highest BCUT2D eigenvalue weighted by atomic mass is 79.9. The molecule has 0 aliphatic heterocycles. The molecule has 0 saturated heterocycles. The summed E-state index contributed by atoms with van der Waals surface area (Å²) in [5.41, 5.74) is 4.88. The number of hydrogen-bond acceptors (Lipinski definition) is 3. The summed E-state index contributed by atoms with van der Waals surface area (Å²) in [4.78, 5) is 0. The highest BCUT2D eigenvalue weighted by molar-refractivity contribution is 9.10. The van der Waals surface area contributed by atoms with Crippen molar-refractivity contribution in [3.63, 3.8) is 0 Å². The van der Waals surface area contributed by atoms with E-state index in [1.54, 1.807) is 0 Å². The zero-order valence-corrected chi connectivity index (χ0v) is 15.0. The highest BCUT2D eigenvalue weighted by Crippen LogP contribution is 2.35. The van der Waals surface area contributed by atoms with Crippen LogP contribution in [0, 0.1) is 6.92 Å². The quantitative estimate of drug-likeness (QED) is 0.656. The summed E-state index contributed by atoms with van der Waals surface area (Å²) in [6.07, 6.45) is 2.62. The van der Waals surface area contributed by atoms with Crippen LogP contribution in [0.1, 0.15) is 23.2 Å². The van der Waals surface area contributed by atoms with Crippen LogP contribution in [0.25, 0.3) is 16.9 Å². The predicted octanol–water partition coefficient (Wildman–Crippen LogP) is 5.23. The minimum atomic E-state index is 0.105. The number of benzene rings is 2. The van der Waals surface area contributed by atoms with Gasteiger partial charge in [-0.2, -0.15) is 0 Å². The molecule has 2 aromatic carbocycles. The molecule has 3 nitrogen and oxygen atoms in total. The molecule has 0 spiro atoms. The van der Waals surface area contributed by atoms with Gasteiger partial charge in [-0.25, -0.2) is 0 Å². The van der Waals surface area contributed by atoms with Crippen molar-refractivity contribution in [1.82, 2.24) is 5.16 Å². The lowest BCUT2D eigenvalue weighted by Gasteiger charge is -2.09. The fourth-order valence-corrected chi connectivity index (χ4v) is 2.94. The molecule has 0 atom stereocenters. The number of nitrogens with zero attached hydrogens (tertiary/aromatic N) is 1. The number of rotatable bonds is 5. The number of aliphatic hydroxyl groups is 1. The third-order valence-electron chi connectivity index (χ3n) is 3.80. The molecule has 0 unspecified atom stereocenters. The van der Waals surface area contributed by atoms with Gasteiger partial charge >= 0.3 is 0 Å². The molecular weight excluding hydrogens is 366 g/mol. The number of hydrogen-bond donors (Lipinski definition) is 1. The Morgan fingerprint density at radius 1 is 1.12 bits per heavy atom. The summed E-state index contributed by atoms with van der Waals surface area (Å²) >= 11 is 3.46. The maximum Gasteiger partial charge on any atom is 0.174 e. The van der Waals surface area contributed by atoms with Crippen molar-refractivity contribution in [1.29, 1.82) is 0 Å². The van der Waals surface area contributed by atoms with Crippen molar-refractivity contribution in [2.24, 2.45) is 0 Å². The third-order valence-corrected chi connectivity index (χ3v) is 4.33. The standard InChI is InChI=1S/C20H18BrNO2/c1-14-19(18(8-5-13-23)15-6-3-2-4-7-15)20(24-22-14)16-9-11-17(21)12-10-16/h2-4,6-12,23H,5,13H2,1H3/b18-8-. The Bertz CT molecular complexity index is 836. The van der Waals surface area contributed by atoms with E-state index in [-0.39, 0.29) is 6.61 Å². The van der Waals surface area contributed by atoms with E-state index in [2.05, 4.69) is 33.2 Å². The van der Waals surface area contributed by atoms with Gasteiger partial charge in [0.15, 0.2) is 5.76 Å². The molecule has 0 bridgehead atoms. The Morgan fingerprint density at radius 3 is 2.50 bits per heavy atom. The lowest BCUT2D eigenvalue weighted by Crippen LogP contribution is -1.93. The molecule has 0 fully saturated rings. The lowest BCUT2D eigenvalue weighted by atomic mass is 9.93. The molecule has 1 N–H and O–H groups in total. The third kappa shape index (κ3) is 3.50. The zero-order valence-electron chi connectivity index (χ0n) is 13.4. The van der Waals surface area contributed by atoms with Gasteiger partial charge in [-0.15, -0.1) is 0 Å². The SMILES string of the molecule is Cc1noc(-c2ccc(Br)cc2)c1/C(=C\CCO)c1ccccc1. The average Bonchev–Trinajstić information content (AvgIpc) is 2.99. The minimum absolute atomic E-state index is 0.105. The Balaban J connectivity index is 2.15. The molecular formula is C20H18BrNO2. The highest BCUT2D eigenvalue weighted by Gasteiger charge is 2.19. The van der Waals surface area contributed by atoms with Gasteiger partial charge in [0.05, 0.1) is 11.3 Å². The summed E-state index contributed by atoms with van der Waals surface area (Å²) in [6, 6.07) is 18.1. The molecule has 3 rings (SSSR count). The summed E-state index contributed by atoms with van der Waals surface area (Å²) in [7, 11) is 0. The van der Waals surface area contributed by atoms with Gasteiger partial charge in [0.1, 0.15) is 0 Å². The number of aromatic nitrogens is 1. The molecule has 1 heterocycles. The zero-order chi connectivity index (χ0) is 16.9. The van der Waals surface area contributed by atoms with E-state index in [1.807, 2.05) is 55.5 Å². The number of halogens is 1. The molecule has 0 aliphatic carbocycles. The van der Waals surface area contributed by atoms with Crippen molar-refractivity contribution in [3.05, 3.63) is 82.0 Å². The van der Waals surface area contributed by atoms with E-state index in [0.717, 1.165) is 38.2 Å². The van der Waals surface area contributed by atoms with E-state index in [4.69, 9.17) is 4.52 Å². The molecule has 1 aromatic heterocycles. The largest absolute Gasteiger partial charge is 0.396 e. The summed E-state index contributed by atoms with van der Waals surface area (Å²) in [5, 5.41) is 13.4. The predicted molar refractivity (Wildman–Crippen MR) is 99.6 cm³/mol. The van der Waals surface area contributed by atoms with E-state index in [0.29, 0.717) is 6.42 Å². The van der Waals surface area contributed by atoms with Crippen LogP contribution in [0.5, 0.6) is 0 Å². The number of aryl methyl sites for hydroxylation is 1. The van der Waals surface area contributed by atoms with Gasteiger partial charge in [-0.1, -0.05) is 57.5 Å². The first kappa shape index (κ1) is 16.7. The second kappa shape index (κ2) is 7.60. The van der Waals surface area contributed by atoms with Crippen LogP contribution in [-0.4, -0.2) is 16.9 Å². The van der Waals surface area contributed by atoms with Crippen LogP contribution < -0.4 is 0 Å². The summed E-state index contributed by atoms with van der Waals surface area (Å²) < 4.78 is 6.65. The maximum atomic E-state index is 9.26. The summed E-state index contributed by atoms with van der Waals surface area (Å²) in [6.45, 7) is 2.05. The average molecular weight is 384 g/mol. The summed E-state index contributed by atoms with van der Waals surface area (Å²) in [5.74, 6) is 0.744. The Kier molecular flexibility index (Phi) is 5.28. The van der Waals surface area contributed by atoms with E-state index in [1.165, 1.54) is 0 Å². The second-order valence-corrected chi connectivity index (χ2v) is 6.39. The van der Waals surface area contributed by atoms with Gasteiger partial charge in [0, 0.05) is 16.6 Å². The first-order valence-corrected chi connectivity index (χ1v) is 8.59. The first-order valence-electron chi connectivity index (χ1n) is 7.79. The van der Waals surface area contributed by atoms with Crippen molar-refractivity contribution < 1.29 is 9.63 Å². The minimum Gasteiger partial charge on any atom is -0.396 e. The molecule has 0 saturated carbocycles. The number of aliphatic hydroxyl groups excluding tert-OH is 1. The smallest absolute Gasteiger partial charge is 0.174 e. The normalized spacial score (nSPS) is 11.7. The van der Waals surface area contributed by atoms with E-state index < -0.39 is 0 Å². The fraction of sp³-hybridized carbons (Fsp3) is 0.150. The van der Waals surface area contributed by atoms with Crippen LogP contribution in [0.3, 0.4) is 0 Å². The maximum absolute atomic E-state index is 9.26. The van der Waals surface area contributed by atoms with Crippen molar-refractivity contribution >= 4 is 21.5 Å². The molecule has 122 valence electrons. The Morgan fingerprint density at radius 2 is 1.83 bits per heavy atom. The van der Waals surface area contributed by atoms with E-state index in [9.17, 15) is 5.11 Å². The van der Waals surface area contributed by atoms with Gasteiger partial charge in [-0.3, -0.25) is 0 Å². The fourth-order valence-electron chi connectivity index (χ4n) is 2.68. The lowest BCUT2D eigenvalue weighted by molar-refractivity contribution is 0.303.